The molecule has 3 fully saturated rings. The molecular formula is C27H38FN7O4. The van der Waals surface area contributed by atoms with E-state index in [1.165, 1.54) is 9.58 Å². The van der Waals surface area contributed by atoms with Gasteiger partial charge in [0.2, 0.25) is 5.91 Å². The Kier molecular flexibility index (Phi) is 7.41. The molecule has 1 N–H and O–H groups in total. The summed E-state index contributed by atoms with van der Waals surface area (Å²) in [6.07, 6.45) is 1.86. The van der Waals surface area contributed by atoms with E-state index in [-0.39, 0.29) is 30.8 Å². The molecule has 1 aromatic heterocycles. The van der Waals surface area contributed by atoms with Gasteiger partial charge in [0.15, 0.2) is 11.6 Å². The zero-order chi connectivity index (χ0) is 27.9. The first-order valence-corrected chi connectivity index (χ1v) is 13.7. The average Bonchev–Trinajstić information content (AvgIpc) is 3.21. The van der Waals surface area contributed by atoms with Crippen LogP contribution in [0.3, 0.4) is 0 Å². The molecule has 11 nitrogen and oxygen atoms in total. The number of fused-ring (bicyclic) bond motifs is 1. The third kappa shape index (κ3) is 5.80. The molecule has 2 aromatic rings. The van der Waals surface area contributed by atoms with Crippen LogP contribution in [0.2, 0.25) is 0 Å². The number of amides is 4. The lowest BCUT2D eigenvalue weighted by atomic mass is 9.96. The van der Waals surface area contributed by atoms with Gasteiger partial charge < -0.3 is 14.5 Å². The number of likely N-dealkylation sites (tertiary alicyclic amines) is 1. The maximum absolute atomic E-state index is 15.8. The van der Waals surface area contributed by atoms with E-state index in [4.69, 9.17) is 4.74 Å². The van der Waals surface area contributed by atoms with Gasteiger partial charge in [-0.05, 0) is 51.7 Å². The van der Waals surface area contributed by atoms with Crippen molar-refractivity contribution in [1.29, 1.82) is 0 Å². The standard InChI is InChI=1S/C27H38FN7O4/c1-27(2,3)39-26(38)34-10-7-18(8-11-34)17-32-13-15-33(16-14-32)20-6-5-19-23(22(20)28)31(4)30-24(19)35-12-9-21(36)29-25(35)37/h5-6,18H,7-17H2,1-4H3,(H,29,36,37). The van der Waals surface area contributed by atoms with Crippen LogP contribution in [-0.2, 0) is 16.6 Å². The summed E-state index contributed by atoms with van der Waals surface area (Å²) >= 11 is 0. The molecule has 0 radical (unpaired) electrons. The van der Waals surface area contributed by atoms with Crippen molar-refractivity contribution in [2.75, 3.05) is 62.2 Å². The Labute approximate surface area is 227 Å². The number of nitrogens with one attached hydrogen (secondary N) is 1. The average molecular weight is 544 g/mol. The highest BCUT2D eigenvalue weighted by atomic mass is 19.1. The fraction of sp³-hybridized carbons (Fsp3) is 0.630. The van der Waals surface area contributed by atoms with Gasteiger partial charge in [0.05, 0.1) is 5.69 Å². The van der Waals surface area contributed by atoms with E-state index in [0.717, 1.165) is 32.5 Å². The van der Waals surface area contributed by atoms with Crippen molar-refractivity contribution in [1.82, 2.24) is 24.9 Å². The Morgan fingerprint density at radius 2 is 1.77 bits per heavy atom. The molecule has 0 saturated carbocycles. The second-order valence-corrected chi connectivity index (χ2v) is 11.7. The summed E-state index contributed by atoms with van der Waals surface area (Å²) in [6, 6.07) is 3.03. The number of piperidine rings is 1. The number of carbonyl (C=O) groups excluding carboxylic acids is 3. The minimum absolute atomic E-state index is 0.178. The van der Waals surface area contributed by atoms with E-state index in [9.17, 15) is 14.4 Å². The van der Waals surface area contributed by atoms with Gasteiger partial charge in [-0.25, -0.2) is 14.0 Å². The number of hydrogen-bond acceptors (Lipinski definition) is 7. The molecule has 0 aliphatic carbocycles. The van der Waals surface area contributed by atoms with Gasteiger partial charge in [0.1, 0.15) is 11.1 Å². The van der Waals surface area contributed by atoms with Crippen molar-refractivity contribution in [3.8, 4) is 0 Å². The molecule has 4 heterocycles. The van der Waals surface area contributed by atoms with Gasteiger partial charge in [-0.2, -0.15) is 5.10 Å². The van der Waals surface area contributed by atoms with Crippen LogP contribution in [0.15, 0.2) is 12.1 Å². The van der Waals surface area contributed by atoms with Gasteiger partial charge >= 0.3 is 12.1 Å². The monoisotopic (exact) mass is 543 g/mol. The first-order chi connectivity index (χ1) is 18.5. The summed E-state index contributed by atoms with van der Waals surface area (Å²) in [7, 11) is 1.66. The molecule has 0 bridgehead atoms. The molecule has 0 spiro atoms. The predicted octanol–water partition coefficient (Wildman–Crippen LogP) is 2.93. The summed E-state index contributed by atoms with van der Waals surface area (Å²) in [4.78, 5) is 43.9. The van der Waals surface area contributed by atoms with Crippen LogP contribution in [0.5, 0.6) is 0 Å². The lowest BCUT2D eigenvalue weighted by Crippen LogP contribution is -2.50. The van der Waals surface area contributed by atoms with Crippen LogP contribution < -0.4 is 15.1 Å². The Hall–Kier alpha value is -3.41. The molecule has 5 rings (SSSR count). The number of nitrogens with zero attached hydrogens (tertiary/aromatic N) is 6. The Morgan fingerprint density at radius 1 is 1.08 bits per heavy atom. The van der Waals surface area contributed by atoms with Crippen molar-refractivity contribution >= 4 is 40.4 Å². The molecule has 3 saturated heterocycles. The number of halogens is 1. The smallest absolute Gasteiger partial charge is 0.410 e. The number of aromatic nitrogens is 2. The normalized spacial score (nSPS) is 20.1. The maximum atomic E-state index is 15.8. The molecule has 1 aromatic carbocycles. The van der Waals surface area contributed by atoms with Gasteiger partial charge in [-0.15, -0.1) is 0 Å². The second kappa shape index (κ2) is 10.6. The fourth-order valence-electron chi connectivity index (χ4n) is 5.67. The lowest BCUT2D eigenvalue weighted by molar-refractivity contribution is -0.120. The summed E-state index contributed by atoms with van der Waals surface area (Å²) in [5.41, 5.74) is 0.384. The SMILES string of the molecule is Cn1nc(N2CCC(=O)NC2=O)c2ccc(N3CCN(CC4CCN(C(=O)OC(C)(C)C)CC4)CC3)c(F)c21. The van der Waals surface area contributed by atoms with E-state index in [1.54, 1.807) is 18.0 Å². The zero-order valence-corrected chi connectivity index (χ0v) is 23.2. The van der Waals surface area contributed by atoms with Crippen LogP contribution in [0.1, 0.15) is 40.0 Å². The molecule has 0 atom stereocenters. The minimum atomic E-state index is -0.539. The molecule has 212 valence electrons. The molecule has 0 unspecified atom stereocenters. The number of anilines is 2. The van der Waals surface area contributed by atoms with E-state index >= 15 is 4.39 Å². The first-order valence-electron chi connectivity index (χ1n) is 13.7. The number of hydrogen-bond donors (Lipinski definition) is 1. The number of rotatable bonds is 4. The highest BCUT2D eigenvalue weighted by molar-refractivity contribution is 6.09. The second-order valence-electron chi connectivity index (χ2n) is 11.7. The lowest BCUT2D eigenvalue weighted by Gasteiger charge is -2.39. The topological polar surface area (TPSA) is 103 Å². The third-order valence-corrected chi connectivity index (χ3v) is 7.71. The number of urea groups is 1. The quantitative estimate of drug-likeness (QED) is 0.633. The summed E-state index contributed by atoms with van der Waals surface area (Å²) in [6.45, 7) is 11.4. The van der Waals surface area contributed by atoms with Crippen molar-refractivity contribution in [3.05, 3.63) is 17.9 Å². The van der Waals surface area contributed by atoms with Crippen molar-refractivity contribution < 1.29 is 23.5 Å². The summed E-state index contributed by atoms with van der Waals surface area (Å²) in [5.74, 6) is 0.199. The molecular weight excluding hydrogens is 505 g/mol. The van der Waals surface area contributed by atoms with Gasteiger partial charge in [-0.1, -0.05) is 0 Å². The van der Waals surface area contributed by atoms with E-state index in [2.05, 4.69) is 20.2 Å². The van der Waals surface area contributed by atoms with Gasteiger partial charge in [0, 0.05) is 71.2 Å². The fourth-order valence-corrected chi connectivity index (χ4v) is 5.67. The Morgan fingerprint density at radius 3 is 2.41 bits per heavy atom. The van der Waals surface area contributed by atoms with Crippen LogP contribution in [0.25, 0.3) is 10.9 Å². The molecule has 3 aliphatic rings. The Balaban J connectivity index is 1.18. The number of imide groups is 1. The molecule has 39 heavy (non-hydrogen) atoms. The van der Waals surface area contributed by atoms with Crippen LogP contribution in [0.4, 0.5) is 25.5 Å². The van der Waals surface area contributed by atoms with Gasteiger partial charge in [0.25, 0.3) is 0 Å². The molecule has 12 heteroatoms. The zero-order valence-electron chi connectivity index (χ0n) is 23.2. The first kappa shape index (κ1) is 27.2. The number of aryl methyl sites for hydroxylation is 1. The largest absolute Gasteiger partial charge is 0.444 e. The summed E-state index contributed by atoms with van der Waals surface area (Å²) in [5, 5.41) is 7.26. The van der Waals surface area contributed by atoms with Crippen molar-refractivity contribution in [2.45, 2.75) is 45.6 Å². The van der Waals surface area contributed by atoms with Gasteiger partial charge in [-0.3, -0.25) is 24.6 Å². The molecule has 3 aliphatic heterocycles. The van der Waals surface area contributed by atoms with Crippen LogP contribution >= 0.6 is 0 Å². The summed E-state index contributed by atoms with van der Waals surface area (Å²) < 4.78 is 22.8. The maximum Gasteiger partial charge on any atom is 0.410 e. The number of ether oxygens (including phenoxy) is 1. The van der Waals surface area contributed by atoms with E-state index in [1.807, 2.05) is 26.8 Å². The highest BCUT2D eigenvalue weighted by Gasteiger charge is 2.31. The highest BCUT2D eigenvalue weighted by Crippen LogP contribution is 2.34. The minimum Gasteiger partial charge on any atom is -0.444 e. The third-order valence-electron chi connectivity index (χ3n) is 7.71. The number of carbonyl (C=O) groups is 3. The Bertz CT molecular complexity index is 1260. The van der Waals surface area contributed by atoms with Crippen LogP contribution in [0, 0.1) is 11.7 Å². The van der Waals surface area contributed by atoms with Crippen LogP contribution in [-0.4, -0.2) is 95.6 Å². The number of piperazine rings is 1. The number of benzene rings is 1. The van der Waals surface area contributed by atoms with E-state index < -0.39 is 11.6 Å². The predicted molar refractivity (Wildman–Crippen MR) is 145 cm³/mol. The van der Waals surface area contributed by atoms with Crippen molar-refractivity contribution in [2.24, 2.45) is 13.0 Å². The van der Waals surface area contributed by atoms with Crippen molar-refractivity contribution in [3.63, 3.8) is 0 Å². The molecule has 4 amide bonds. The van der Waals surface area contributed by atoms with E-state index in [0.29, 0.717) is 54.5 Å².